The molecular formula is C14H24N2O2. The van der Waals surface area contributed by atoms with Crippen molar-refractivity contribution < 1.29 is 9.90 Å². The van der Waals surface area contributed by atoms with E-state index in [9.17, 15) is 9.90 Å². The Morgan fingerprint density at radius 1 is 1.28 bits per heavy atom. The normalized spacial score (nSPS) is 45.1. The molecule has 2 bridgehead atoms. The van der Waals surface area contributed by atoms with E-state index >= 15 is 0 Å². The summed E-state index contributed by atoms with van der Waals surface area (Å²) in [6.45, 7) is 7.48. The highest BCUT2D eigenvalue weighted by Crippen LogP contribution is 2.36. The van der Waals surface area contributed by atoms with Gasteiger partial charge in [0.05, 0.1) is 5.41 Å². The Hall–Kier alpha value is -0.610. The van der Waals surface area contributed by atoms with Crippen molar-refractivity contribution in [3.63, 3.8) is 0 Å². The second-order valence-corrected chi connectivity index (χ2v) is 6.65. The van der Waals surface area contributed by atoms with E-state index < -0.39 is 11.4 Å². The summed E-state index contributed by atoms with van der Waals surface area (Å²) in [5.74, 6) is 0.172. The molecule has 4 unspecified atom stereocenters. The van der Waals surface area contributed by atoms with Gasteiger partial charge in [-0.3, -0.25) is 9.69 Å². The van der Waals surface area contributed by atoms with Crippen LogP contribution in [0.5, 0.6) is 0 Å². The first-order valence-corrected chi connectivity index (χ1v) is 7.28. The fraction of sp³-hybridized carbons (Fsp3) is 0.929. The quantitative estimate of drug-likeness (QED) is 0.804. The Bertz CT molecular complexity index is 347. The maximum absolute atomic E-state index is 11.4. The van der Waals surface area contributed by atoms with Crippen molar-refractivity contribution in [2.75, 3.05) is 32.7 Å². The molecule has 3 aliphatic heterocycles. The Balaban J connectivity index is 1.70. The lowest BCUT2D eigenvalue weighted by Crippen LogP contribution is -2.54. The zero-order valence-corrected chi connectivity index (χ0v) is 11.3. The largest absolute Gasteiger partial charge is 0.481 e. The van der Waals surface area contributed by atoms with Gasteiger partial charge in [0.1, 0.15) is 0 Å². The van der Waals surface area contributed by atoms with Crippen LogP contribution in [0.1, 0.15) is 32.6 Å². The fourth-order valence-corrected chi connectivity index (χ4v) is 4.15. The number of aliphatic carboxylic acids is 1. The van der Waals surface area contributed by atoms with Crippen LogP contribution in [-0.4, -0.2) is 59.6 Å². The van der Waals surface area contributed by atoms with Crippen LogP contribution < -0.4 is 0 Å². The van der Waals surface area contributed by atoms with E-state index in [1.165, 1.54) is 32.5 Å². The molecule has 0 aromatic rings. The predicted octanol–water partition coefficient (Wildman–Crippen LogP) is 1.27. The third kappa shape index (κ3) is 2.05. The third-order valence-electron chi connectivity index (χ3n) is 5.31. The molecule has 0 amide bonds. The number of hydrogen-bond donors (Lipinski definition) is 1. The first-order chi connectivity index (χ1) is 8.58. The van der Waals surface area contributed by atoms with Gasteiger partial charge in [0.2, 0.25) is 0 Å². The molecule has 4 nitrogen and oxygen atoms in total. The van der Waals surface area contributed by atoms with E-state index in [-0.39, 0.29) is 0 Å². The van der Waals surface area contributed by atoms with Gasteiger partial charge < -0.3 is 10.0 Å². The molecular weight excluding hydrogens is 228 g/mol. The molecule has 0 aromatic carbocycles. The maximum Gasteiger partial charge on any atom is 0.310 e. The molecule has 1 N–H and O–H groups in total. The molecule has 0 radical (unpaired) electrons. The summed E-state index contributed by atoms with van der Waals surface area (Å²) in [5, 5.41) is 9.41. The lowest BCUT2D eigenvalue weighted by atomic mass is 9.80. The van der Waals surface area contributed by atoms with Gasteiger partial charge in [-0.25, -0.2) is 0 Å². The van der Waals surface area contributed by atoms with E-state index in [0.717, 1.165) is 31.8 Å². The Morgan fingerprint density at radius 3 is 2.83 bits per heavy atom. The van der Waals surface area contributed by atoms with Crippen molar-refractivity contribution in [2.45, 2.75) is 38.6 Å². The van der Waals surface area contributed by atoms with Gasteiger partial charge in [-0.2, -0.15) is 0 Å². The van der Waals surface area contributed by atoms with Crippen LogP contribution in [0.2, 0.25) is 0 Å². The number of piperidine rings is 2. The van der Waals surface area contributed by atoms with Gasteiger partial charge in [0.15, 0.2) is 0 Å². The van der Waals surface area contributed by atoms with E-state index in [4.69, 9.17) is 0 Å². The minimum absolute atomic E-state index is 0.520. The standard InChI is InChI=1S/C14H24N2O2/c1-14(13(17)18)5-2-6-16(10-14)12-4-8-15-7-3-11(12)9-15/h11-12H,2-10H2,1H3,(H,17,18). The van der Waals surface area contributed by atoms with Crippen molar-refractivity contribution in [2.24, 2.45) is 11.3 Å². The highest BCUT2D eigenvalue weighted by molar-refractivity contribution is 5.74. The van der Waals surface area contributed by atoms with Gasteiger partial charge in [0.25, 0.3) is 0 Å². The number of carboxylic acids is 1. The smallest absolute Gasteiger partial charge is 0.310 e. The highest BCUT2D eigenvalue weighted by atomic mass is 16.4. The Labute approximate surface area is 109 Å². The van der Waals surface area contributed by atoms with Gasteiger partial charge >= 0.3 is 5.97 Å². The molecule has 0 saturated carbocycles. The summed E-state index contributed by atoms with van der Waals surface area (Å²) in [4.78, 5) is 16.5. The molecule has 0 spiro atoms. The minimum Gasteiger partial charge on any atom is -0.481 e. The average Bonchev–Trinajstić information content (AvgIpc) is 2.71. The van der Waals surface area contributed by atoms with Gasteiger partial charge in [-0.15, -0.1) is 0 Å². The number of likely N-dealkylation sites (tertiary alicyclic amines) is 1. The van der Waals surface area contributed by atoms with Gasteiger partial charge in [-0.05, 0) is 58.2 Å². The van der Waals surface area contributed by atoms with Crippen LogP contribution in [0.3, 0.4) is 0 Å². The molecule has 3 fully saturated rings. The summed E-state index contributed by atoms with van der Waals surface area (Å²) in [7, 11) is 0. The second-order valence-electron chi connectivity index (χ2n) is 6.65. The lowest BCUT2D eigenvalue weighted by Gasteiger charge is -2.45. The maximum atomic E-state index is 11.4. The molecule has 0 aliphatic carbocycles. The molecule has 3 heterocycles. The zero-order chi connectivity index (χ0) is 12.8. The monoisotopic (exact) mass is 252 g/mol. The number of carbonyl (C=O) groups is 1. The predicted molar refractivity (Wildman–Crippen MR) is 69.5 cm³/mol. The lowest BCUT2D eigenvalue weighted by molar-refractivity contribution is -0.152. The van der Waals surface area contributed by atoms with Crippen LogP contribution >= 0.6 is 0 Å². The molecule has 4 atom stereocenters. The molecule has 18 heavy (non-hydrogen) atoms. The van der Waals surface area contributed by atoms with Crippen LogP contribution in [0.4, 0.5) is 0 Å². The van der Waals surface area contributed by atoms with Crippen molar-refractivity contribution in [1.82, 2.24) is 9.80 Å². The fourth-order valence-electron chi connectivity index (χ4n) is 4.15. The first kappa shape index (κ1) is 12.4. The molecule has 3 saturated heterocycles. The molecule has 3 aliphatic rings. The summed E-state index contributed by atoms with van der Waals surface area (Å²) in [6.07, 6.45) is 4.42. The van der Waals surface area contributed by atoms with Crippen LogP contribution in [-0.2, 0) is 4.79 Å². The SMILES string of the molecule is CC1(C(=O)O)CCCN(C2CCN3CCC2C3)C1. The number of carboxylic acid groups (broad SMARTS) is 1. The van der Waals surface area contributed by atoms with Crippen molar-refractivity contribution in [3.05, 3.63) is 0 Å². The van der Waals surface area contributed by atoms with Crippen LogP contribution in [0.15, 0.2) is 0 Å². The summed E-state index contributed by atoms with van der Waals surface area (Å²) >= 11 is 0. The highest BCUT2D eigenvalue weighted by Gasteiger charge is 2.43. The molecule has 3 rings (SSSR count). The van der Waals surface area contributed by atoms with Crippen LogP contribution in [0.25, 0.3) is 0 Å². The Morgan fingerprint density at radius 2 is 2.06 bits per heavy atom. The minimum atomic E-state index is -0.615. The van der Waals surface area contributed by atoms with Crippen molar-refractivity contribution >= 4 is 5.97 Å². The topological polar surface area (TPSA) is 43.8 Å². The number of rotatable bonds is 2. The average molecular weight is 252 g/mol. The number of hydrogen-bond acceptors (Lipinski definition) is 3. The summed E-state index contributed by atoms with van der Waals surface area (Å²) in [6, 6.07) is 0.641. The number of nitrogens with zero attached hydrogens (tertiary/aromatic N) is 2. The zero-order valence-electron chi connectivity index (χ0n) is 11.3. The molecule has 102 valence electrons. The third-order valence-corrected chi connectivity index (χ3v) is 5.31. The van der Waals surface area contributed by atoms with E-state index in [2.05, 4.69) is 9.80 Å². The first-order valence-electron chi connectivity index (χ1n) is 7.28. The summed E-state index contributed by atoms with van der Waals surface area (Å²) < 4.78 is 0. The molecule has 0 aromatic heterocycles. The van der Waals surface area contributed by atoms with Gasteiger partial charge in [-0.1, -0.05) is 0 Å². The Kier molecular flexibility index (Phi) is 3.10. The van der Waals surface area contributed by atoms with E-state index in [0.29, 0.717) is 6.04 Å². The molecule has 4 heteroatoms. The second kappa shape index (κ2) is 4.49. The van der Waals surface area contributed by atoms with Crippen molar-refractivity contribution in [3.8, 4) is 0 Å². The number of fused-ring (bicyclic) bond motifs is 2. The van der Waals surface area contributed by atoms with E-state index in [1.807, 2.05) is 6.92 Å². The summed E-state index contributed by atoms with van der Waals surface area (Å²) in [5.41, 5.74) is -0.520. The van der Waals surface area contributed by atoms with E-state index in [1.54, 1.807) is 0 Å². The van der Waals surface area contributed by atoms with Crippen LogP contribution in [0, 0.1) is 11.3 Å². The van der Waals surface area contributed by atoms with Gasteiger partial charge in [0, 0.05) is 19.1 Å². The van der Waals surface area contributed by atoms with Crippen molar-refractivity contribution in [1.29, 1.82) is 0 Å².